The van der Waals surface area contributed by atoms with E-state index in [1.165, 1.54) is 0 Å². The van der Waals surface area contributed by atoms with Crippen LogP contribution in [0.4, 0.5) is 0 Å². The van der Waals surface area contributed by atoms with E-state index in [4.69, 9.17) is 22.7 Å². The summed E-state index contributed by atoms with van der Waals surface area (Å²) in [4.78, 5) is 2.63. The molecule has 4 heteroatoms. The monoisotopic (exact) mass is 176 g/mol. The molecule has 0 aromatic heterocycles. The second-order valence-corrected chi connectivity index (χ2v) is 3.07. The highest BCUT2D eigenvalue weighted by atomic mass is 32.1. The molecule has 2 N–H and O–H groups in total. The molecule has 0 unspecified atom stereocenters. The van der Waals surface area contributed by atoms with Crippen LogP contribution in [-0.2, 0) is 4.74 Å². The van der Waals surface area contributed by atoms with E-state index < -0.39 is 0 Å². The summed E-state index contributed by atoms with van der Waals surface area (Å²) in [6, 6.07) is 0. The fraction of sp³-hybridized carbons (Fsp3) is 0.857. The molecule has 0 amide bonds. The summed E-state index contributed by atoms with van der Waals surface area (Å²) in [6.07, 6.45) is 1.02. The molecule has 0 saturated heterocycles. The van der Waals surface area contributed by atoms with Gasteiger partial charge in [0.05, 0.1) is 4.99 Å². The van der Waals surface area contributed by atoms with Crippen molar-refractivity contribution in [3.63, 3.8) is 0 Å². The molecule has 0 heterocycles. The number of likely N-dealkylation sites (N-methyl/N-ethyl adjacent to an activating group) is 1. The zero-order chi connectivity index (χ0) is 8.69. The predicted molar refractivity (Wildman–Crippen MR) is 50.8 cm³/mol. The molecule has 0 aliphatic rings. The maximum atomic E-state index is 5.36. The number of methoxy groups -OCH3 is 1. The van der Waals surface area contributed by atoms with Crippen LogP contribution < -0.4 is 5.73 Å². The summed E-state index contributed by atoms with van der Waals surface area (Å²) in [5.41, 5.74) is 5.36. The van der Waals surface area contributed by atoms with Gasteiger partial charge in [-0.25, -0.2) is 0 Å². The van der Waals surface area contributed by atoms with Crippen LogP contribution in [0.25, 0.3) is 0 Å². The second-order valence-electron chi connectivity index (χ2n) is 2.55. The van der Waals surface area contributed by atoms with Crippen LogP contribution in [-0.4, -0.2) is 43.7 Å². The first kappa shape index (κ1) is 10.8. The van der Waals surface area contributed by atoms with E-state index in [-0.39, 0.29) is 0 Å². The Kier molecular flexibility index (Phi) is 6.40. The molecule has 0 atom stereocenters. The number of thiocarbonyl (C=S) groups is 1. The Morgan fingerprint density at radius 1 is 1.64 bits per heavy atom. The summed E-state index contributed by atoms with van der Waals surface area (Å²) < 4.78 is 4.91. The molecular formula is C7H16N2OS. The molecule has 0 aromatic carbocycles. The third-order valence-corrected chi connectivity index (χ3v) is 1.44. The first-order valence-corrected chi connectivity index (χ1v) is 4.03. The lowest BCUT2D eigenvalue weighted by molar-refractivity contribution is 0.182. The first-order valence-electron chi connectivity index (χ1n) is 3.62. The van der Waals surface area contributed by atoms with Gasteiger partial charge in [0.2, 0.25) is 0 Å². The highest BCUT2D eigenvalue weighted by molar-refractivity contribution is 7.80. The van der Waals surface area contributed by atoms with Crippen LogP contribution >= 0.6 is 12.2 Å². The van der Waals surface area contributed by atoms with E-state index in [2.05, 4.69) is 4.90 Å². The molecule has 66 valence electrons. The molecule has 11 heavy (non-hydrogen) atoms. The maximum Gasteiger partial charge on any atom is 0.0869 e. The fourth-order valence-electron chi connectivity index (χ4n) is 0.824. The molecule has 0 saturated carbocycles. The average molecular weight is 176 g/mol. The number of nitrogens with two attached hydrogens (primary N) is 1. The van der Waals surface area contributed by atoms with Gasteiger partial charge < -0.3 is 10.5 Å². The minimum atomic E-state index is 0.546. The number of hydrogen-bond donors (Lipinski definition) is 1. The summed E-state index contributed by atoms with van der Waals surface area (Å²) in [5, 5.41) is 0. The quantitative estimate of drug-likeness (QED) is 0.465. The van der Waals surface area contributed by atoms with Crippen LogP contribution in [0.1, 0.15) is 6.42 Å². The second kappa shape index (κ2) is 6.52. The Labute approximate surface area is 73.5 Å². The van der Waals surface area contributed by atoms with Crippen molar-refractivity contribution in [1.29, 1.82) is 0 Å². The van der Waals surface area contributed by atoms with Gasteiger partial charge in [-0.15, -0.1) is 0 Å². The van der Waals surface area contributed by atoms with Crippen LogP contribution in [0, 0.1) is 0 Å². The minimum absolute atomic E-state index is 0.546. The van der Waals surface area contributed by atoms with Crippen molar-refractivity contribution >= 4 is 17.2 Å². The van der Waals surface area contributed by atoms with E-state index >= 15 is 0 Å². The molecule has 0 radical (unpaired) electrons. The van der Waals surface area contributed by atoms with Gasteiger partial charge in [-0.3, -0.25) is 4.90 Å². The number of rotatable bonds is 6. The van der Waals surface area contributed by atoms with Gasteiger partial charge in [-0.05, 0) is 13.5 Å². The Balaban J connectivity index is 3.22. The minimum Gasteiger partial charge on any atom is -0.392 e. The van der Waals surface area contributed by atoms with Crippen molar-refractivity contribution < 1.29 is 4.74 Å². The summed E-state index contributed by atoms with van der Waals surface area (Å²) in [5.74, 6) is 0. The van der Waals surface area contributed by atoms with Crippen molar-refractivity contribution in [3.05, 3.63) is 0 Å². The van der Waals surface area contributed by atoms with E-state index in [0.717, 1.165) is 19.6 Å². The van der Waals surface area contributed by atoms with Gasteiger partial charge in [0, 0.05) is 26.8 Å². The molecule has 3 nitrogen and oxygen atoms in total. The normalized spacial score (nSPS) is 10.5. The summed E-state index contributed by atoms with van der Waals surface area (Å²) in [7, 11) is 3.70. The Bertz CT molecular complexity index is 119. The maximum absolute atomic E-state index is 5.36. The molecule has 0 rings (SSSR count). The summed E-state index contributed by atoms with van der Waals surface area (Å²) in [6.45, 7) is 2.46. The molecule has 0 aromatic rings. The smallest absolute Gasteiger partial charge is 0.0869 e. The van der Waals surface area contributed by atoms with Crippen LogP contribution in [0.3, 0.4) is 0 Å². The van der Waals surface area contributed by atoms with Crippen LogP contribution in [0.2, 0.25) is 0 Å². The van der Waals surface area contributed by atoms with Crippen molar-refractivity contribution in [2.75, 3.05) is 33.9 Å². The van der Waals surface area contributed by atoms with E-state index in [0.29, 0.717) is 11.5 Å². The lowest BCUT2D eigenvalue weighted by atomic mass is 10.4. The molecule has 0 fully saturated rings. The van der Waals surface area contributed by atoms with Crippen molar-refractivity contribution in [2.45, 2.75) is 6.42 Å². The Morgan fingerprint density at radius 2 is 2.27 bits per heavy atom. The lowest BCUT2D eigenvalue weighted by Gasteiger charge is -2.14. The zero-order valence-electron chi connectivity index (χ0n) is 7.17. The van der Waals surface area contributed by atoms with E-state index in [1.807, 2.05) is 7.05 Å². The van der Waals surface area contributed by atoms with Crippen molar-refractivity contribution in [1.82, 2.24) is 4.90 Å². The van der Waals surface area contributed by atoms with Gasteiger partial charge in [0.15, 0.2) is 0 Å². The third-order valence-electron chi connectivity index (χ3n) is 1.31. The predicted octanol–water partition coefficient (Wildman–Crippen LogP) is 0.241. The topological polar surface area (TPSA) is 38.5 Å². The first-order chi connectivity index (χ1) is 5.16. The van der Waals surface area contributed by atoms with Crippen molar-refractivity contribution in [2.24, 2.45) is 5.73 Å². The van der Waals surface area contributed by atoms with Gasteiger partial charge in [0.1, 0.15) is 0 Å². The van der Waals surface area contributed by atoms with Gasteiger partial charge in [0.25, 0.3) is 0 Å². The molecule has 0 aliphatic carbocycles. The Hall–Kier alpha value is -0.190. The molecular weight excluding hydrogens is 160 g/mol. The zero-order valence-corrected chi connectivity index (χ0v) is 7.99. The highest BCUT2D eigenvalue weighted by Crippen LogP contribution is 1.87. The van der Waals surface area contributed by atoms with Gasteiger partial charge in [-0.2, -0.15) is 0 Å². The fourth-order valence-corrected chi connectivity index (χ4v) is 1.04. The number of ether oxygens (including phenoxy) is 1. The Morgan fingerprint density at radius 3 is 2.73 bits per heavy atom. The van der Waals surface area contributed by atoms with Crippen LogP contribution in [0.5, 0.6) is 0 Å². The average Bonchev–Trinajstić information content (AvgIpc) is 1.86. The van der Waals surface area contributed by atoms with Gasteiger partial charge in [-0.1, -0.05) is 12.2 Å². The summed E-state index contributed by atoms with van der Waals surface area (Å²) >= 11 is 4.76. The van der Waals surface area contributed by atoms with E-state index in [1.54, 1.807) is 7.11 Å². The SMILES string of the molecule is COCCCN(C)CC(N)=S. The molecule has 0 aliphatic heterocycles. The number of nitrogens with zero attached hydrogens (tertiary/aromatic N) is 1. The lowest BCUT2D eigenvalue weighted by Crippen LogP contribution is -2.30. The standard InChI is InChI=1S/C7H16N2OS/c1-9(6-7(8)11)4-3-5-10-2/h3-6H2,1-2H3,(H2,8,11). The third kappa shape index (κ3) is 7.71. The largest absolute Gasteiger partial charge is 0.392 e. The molecule has 0 bridgehead atoms. The highest BCUT2D eigenvalue weighted by Gasteiger charge is 1.97. The number of hydrogen-bond acceptors (Lipinski definition) is 3. The van der Waals surface area contributed by atoms with E-state index in [9.17, 15) is 0 Å². The molecule has 0 spiro atoms. The van der Waals surface area contributed by atoms with Crippen LogP contribution in [0.15, 0.2) is 0 Å². The van der Waals surface area contributed by atoms with Crippen molar-refractivity contribution in [3.8, 4) is 0 Å². The van der Waals surface area contributed by atoms with Gasteiger partial charge >= 0.3 is 0 Å².